The molecule has 0 N–H and O–H groups in total. The topological polar surface area (TPSA) is 0 Å². The second kappa shape index (κ2) is 23.1. The monoisotopic (exact) mass is 567 g/mol. The molecule has 0 aromatic rings. The molecule has 0 fully saturated rings. The van der Waals surface area contributed by atoms with Gasteiger partial charge in [0.25, 0.3) is 0 Å². The van der Waals surface area contributed by atoms with Crippen LogP contribution in [0.15, 0.2) is 0 Å². The maximum Gasteiger partial charge on any atom is 0.0594 e. The molecule has 0 radical (unpaired) electrons. The van der Waals surface area contributed by atoms with Gasteiger partial charge in [0.05, 0.1) is 186 Å². The summed E-state index contributed by atoms with van der Waals surface area (Å²) in [5.41, 5.74) is 0. The lowest BCUT2D eigenvalue weighted by Crippen LogP contribution is -2.94. The number of hydrogen-bond acceptors (Lipinski definition) is 0. The van der Waals surface area contributed by atoms with Gasteiger partial charge in [-0.1, -0.05) is 0 Å². The van der Waals surface area contributed by atoms with E-state index >= 15 is 0 Å². The van der Waals surface area contributed by atoms with E-state index in [4.69, 9.17) is 0 Å². The lowest BCUT2D eigenvalue weighted by Gasteiger charge is -2.55. The van der Waals surface area contributed by atoms with E-state index in [-0.39, 0.29) is 0 Å². The Morgan fingerprint density at radius 3 is 0.447 bits per heavy atom. The fourth-order valence-corrected chi connectivity index (χ4v) is 13.1. The number of hydrogen-bond donors (Lipinski definition) is 0. The molecule has 47 heteroatoms. The Kier molecular flexibility index (Phi) is 24.6. The molecule has 47 heavy (non-hydrogen) atoms. The van der Waals surface area contributed by atoms with E-state index in [0.29, 0.717) is 128 Å². The minimum atomic E-state index is 0.676. The summed E-state index contributed by atoms with van der Waals surface area (Å²) < 4.78 is 0. The minimum Gasteiger partial charge on any atom is 0.0000106 e. The molecule has 0 amide bonds. The van der Waals surface area contributed by atoms with Crippen LogP contribution in [0.4, 0.5) is 0 Å². The molecule has 190 valence electrons. The molecule has 0 nitrogen and oxygen atoms in total. The van der Waals surface area contributed by atoms with Crippen molar-refractivity contribution < 1.29 is 0 Å². The predicted molar refractivity (Wildman–Crippen MR) is 339 cm³/mol. The van der Waals surface area contributed by atoms with E-state index in [1.165, 1.54) is 7.06 Å². The molecular weight excluding hydrogens is 508 g/mol. The normalized spacial score (nSPS) is 9.62. The molecule has 0 aliphatic heterocycles. The third-order valence-electron chi connectivity index (χ3n) is 13.8. The van der Waals surface area contributed by atoms with Gasteiger partial charge in [-0.25, -0.2) is 0 Å². The van der Waals surface area contributed by atoms with Gasteiger partial charge >= 0.3 is 0 Å². The zero-order valence-electron chi connectivity index (χ0n) is 37.4. The van der Waals surface area contributed by atoms with Gasteiger partial charge in [0.15, 0.2) is 0 Å². The van der Waals surface area contributed by atoms with Crippen molar-refractivity contribution in [2.24, 2.45) is 0 Å². The third-order valence-corrected chi connectivity index (χ3v) is 13.8. The molecule has 0 rings (SSSR count). The maximum atomic E-state index is 2.64. The van der Waals surface area contributed by atoms with E-state index in [2.05, 4.69) is 186 Å². The zero-order valence-corrected chi connectivity index (χ0v) is 37.4. The smallest absolute Gasteiger partial charge is 0.0000106 e. The lowest BCUT2D eigenvalue weighted by molar-refractivity contribution is 3.19. The molecular formula is H49B47. The van der Waals surface area contributed by atoms with Crippen molar-refractivity contribution in [3.63, 3.8) is 0 Å². The fourth-order valence-electron chi connectivity index (χ4n) is 13.1. The van der Waals surface area contributed by atoms with E-state index < -0.39 is 0 Å². The van der Waals surface area contributed by atoms with Gasteiger partial charge in [0, 0.05) is 148 Å². The van der Waals surface area contributed by atoms with Crippen LogP contribution in [0.25, 0.3) is 0 Å². The van der Waals surface area contributed by atoms with Crippen LogP contribution in [0.1, 0.15) is 0 Å². The van der Waals surface area contributed by atoms with Crippen LogP contribution < -0.4 is 0 Å². The first kappa shape index (κ1) is 50.1. The highest BCUT2D eigenvalue weighted by Crippen LogP contribution is 2.21. The highest BCUT2D eigenvalue weighted by molar-refractivity contribution is 8.34. The SMILES string of the molecule is BBB(B)B(B(B)B)B(B(B(B)B)B(B)B)B(B(B(B(B)B)B(B)B)B(B(B)B)B(B)B)B(B(B(B)B)B(B)B)B(B(B)B)B(B)B. The molecule has 0 spiro atoms. The largest absolute Gasteiger partial charge is 0.0594 e. The summed E-state index contributed by atoms with van der Waals surface area (Å²) in [5.74, 6) is 0. The first-order valence-corrected chi connectivity index (χ1v) is 21.4. The number of rotatable bonds is 22. The van der Waals surface area contributed by atoms with E-state index in [1.54, 1.807) is 0 Å². The second-order valence-electron chi connectivity index (χ2n) is 20.8. The molecule has 0 aliphatic rings. The molecule has 0 aromatic heterocycles. The minimum absolute atomic E-state index is 0.676. The summed E-state index contributed by atoms with van der Waals surface area (Å²) in [5, 5.41) is 0. The van der Waals surface area contributed by atoms with Crippen LogP contribution >= 0.6 is 0 Å². The molecule has 0 unspecified atom stereocenters. The van der Waals surface area contributed by atoms with Crippen molar-refractivity contribution in [3.8, 4) is 0 Å². The van der Waals surface area contributed by atoms with Gasteiger partial charge in [-0.15, -0.1) is 0 Å². The Morgan fingerprint density at radius 2 is 0.319 bits per heavy atom. The Balaban J connectivity index is 9.21. The molecule has 0 bridgehead atoms. The lowest BCUT2D eigenvalue weighted by atomic mass is 8.25. The van der Waals surface area contributed by atoms with Crippen molar-refractivity contribution in [1.29, 1.82) is 0 Å². The summed E-state index contributed by atoms with van der Waals surface area (Å²) in [6.07, 6.45) is 15.3. The van der Waals surface area contributed by atoms with Crippen LogP contribution in [-0.4, -0.2) is 333 Å². The van der Waals surface area contributed by atoms with Crippen LogP contribution in [-0.2, 0) is 0 Å². The molecule has 0 aliphatic carbocycles. The van der Waals surface area contributed by atoms with Gasteiger partial charge in [-0.2, -0.15) is 0 Å². The van der Waals surface area contributed by atoms with Crippen molar-refractivity contribution >= 4 is 333 Å². The quantitative estimate of drug-likeness (QED) is 0.116. The predicted octanol–water partition coefficient (Wildman–Crippen LogP) is -31.0. The Morgan fingerprint density at radius 1 is 0.191 bits per heavy atom. The molecule has 0 atom stereocenters. The maximum absolute atomic E-state index is 2.64. The highest BCUT2D eigenvalue weighted by Gasteiger charge is 2.60. The van der Waals surface area contributed by atoms with E-state index in [0.717, 1.165) is 12.8 Å². The first-order chi connectivity index (χ1) is 21.4. The summed E-state index contributed by atoms with van der Waals surface area (Å²) >= 11 is 0. The van der Waals surface area contributed by atoms with Gasteiger partial charge in [0.2, 0.25) is 0 Å². The van der Waals surface area contributed by atoms with Crippen molar-refractivity contribution in [1.82, 2.24) is 0 Å². The molecule has 0 saturated heterocycles. The Labute approximate surface area is 330 Å². The van der Waals surface area contributed by atoms with Crippen LogP contribution in [0.2, 0.25) is 0 Å². The van der Waals surface area contributed by atoms with Crippen LogP contribution in [0.5, 0.6) is 0 Å². The summed E-state index contributed by atoms with van der Waals surface area (Å²) in [7, 11) is 63.6. The summed E-state index contributed by atoms with van der Waals surface area (Å²) in [6, 6.07) is 0. The zero-order chi connectivity index (χ0) is 37.4. The molecule has 0 saturated carbocycles. The van der Waals surface area contributed by atoms with Crippen LogP contribution in [0, 0.1) is 0 Å². The average molecular weight is 558 g/mol. The summed E-state index contributed by atoms with van der Waals surface area (Å²) in [4.78, 5) is 0. The Bertz CT molecular complexity index is 667. The van der Waals surface area contributed by atoms with Crippen molar-refractivity contribution in [2.75, 3.05) is 0 Å². The van der Waals surface area contributed by atoms with Crippen molar-refractivity contribution in [2.45, 2.75) is 0 Å². The van der Waals surface area contributed by atoms with Crippen LogP contribution in [0.3, 0.4) is 0 Å². The third kappa shape index (κ3) is 13.7. The second-order valence-corrected chi connectivity index (χ2v) is 20.8. The van der Waals surface area contributed by atoms with Crippen molar-refractivity contribution in [3.05, 3.63) is 0 Å². The fraction of sp³-hybridized carbons (Fsp3) is 0. The molecule has 0 aromatic carbocycles. The summed E-state index contributed by atoms with van der Waals surface area (Å²) in [6.45, 7) is 0. The Hall–Kier alpha value is 3.05. The van der Waals surface area contributed by atoms with E-state index in [9.17, 15) is 0 Å². The van der Waals surface area contributed by atoms with Gasteiger partial charge in [0.1, 0.15) is 0 Å². The van der Waals surface area contributed by atoms with Gasteiger partial charge < -0.3 is 0 Å². The van der Waals surface area contributed by atoms with Gasteiger partial charge in [-0.05, 0) is 0 Å². The molecule has 0 heterocycles. The van der Waals surface area contributed by atoms with Gasteiger partial charge in [-0.3, -0.25) is 0 Å². The van der Waals surface area contributed by atoms with E-state index in [1.807, 2.05) is 0 Å². The standard InChI is InChI=1S/B47H49/c1-25-37(24)43(36(22)23)46(42(34(18)19)35(20)21)47(44(38(26(2)3)27(4)5)39(28(6)7)29(8)9)45(40(30(10)11)31(12)13)41(32(14)15)33(16)17/h25H,1-24H2. The highest BCUT2D eigenvalue weighted by atomic mass is 13.4. The first-order valence-electron chi connectivity index (χ1n) is 21.4. The average Bonchev–Trinajstić information content (AvgIpc) is 2.86.